The van der Waals surface area contributed by atoms with Crippen molar-refractivity contribution in [2.24, 2.45) is 10.9 Å². The lowest BCUT2D eigenvalue weighted by molar-refractivity contribution is 0.837. The molecule has 0 N–H and O–H groups in total. The zero-order chi connectivity index (χ0) is 6.69. The van der Waals surface area contributed by atoms with E-state index in [1.165, 1.54) is 12.1 Å². The summed E-state index contributed by atoms with van der Waals surface area (Å²) in [5, 5.41) is 0. The molecule has 1 nitrogen and oxygen atoms in total. The summed E-state index contributed by atoms with van der Waals surface area (Å²) in [6.45, 7) is 4.33. The van der Waals surface area contributed by atoms with Gasteiger partial charge in [0.2, 0.25) is 0 Å². The molecule has 1 unspecified atom stereocenters. The van der Waals surface area contributed by atoms with E-state index < -0.39 is 0 Å². The highest BCUT2D eigenvalue weighted by Crippen LogP contribution is 2.16. The Balaban J connectivity index is 2.52. The maximum atomic E-state index is 4.24. The summed E-state index contributed by atoms with van der Waals surface area (Å²) >= 11 is 0. The van der Waals surface area contributed by atoms with E-state index in [4.69, 9.17) is 0 Å². The highest BCUT2D eigenvalue weighted by molar-refractivity contribution is 5.68. The van der Waals surface area contributed by atoms with E-state index in [0.29, 0.717) is 5.92 Å². The van der Waals surface area contributed by atoms with Gasteiger partial charge in [-0.05, 0) is 12.8 Å². The minimum Gasteiger partial charge on any atom is -0.265 e. The minimum absolute atomic E-state index is 0.625. The molecule has 50 valence electrons. The quantitative estimate of drug-likeness (QED) is 0.534. The number of allylic oxidation sites excluding steroid dienone is 2. The van der Waals surface area contributed by atoms with Crippen molar-refractivity contribution in [3.8, 4) is 0 Å². The molecule has 0 bridgehead atoms. The number of aliphatic imine (C=N–C) groups is 1. The summed E-state index contributed by atoms with van der Waals surface area (Å²) < 4.78 is 0. The van der Waals surface area contributed by atoms with Crippen LogP contribution in [0.5, 0.6) is 0 Å². The normalized spacial score (nSPS) is 24.7. The monoisotopic (exact) mass is 123 g/mol. The van der Waals surface area contributed by atoms with Crippen molar-refractivity contribution in [2.45, 2.75) is 26.7 Å². The van der Waals surface area contributed by atoms with Crippen LogP contribution >= 0.6 is 0 Å². The largest absolute Gasteiger partial charge is 0.265 e. The average molecular weight is 123 g/mol. The molecule has 9 heavy (non-hydrogen) atoms. The van der Waals surface area contributed by atoms with Crippen molar-refractivity contribution in [3.05, 3.63) is 11.8 Å². The maximum Gasteiger partial charge on any atom is 0.0363 e. The summed E-state index contributed by atoms with van der Waals surface area (Å²) in [5.41, 5.74) is 1.25. The van der Waals surface area contributed by atoms with Gasteiger partial charge in [0.05, 0.1) is 0 Å². The van der Waals surface area contributed by atoms with Crippen LogP contribution in [0.4, 0.5) is 0 Å². The van der Waals surface area contributed by atoms with Crippen LogP contribution in [0.15, 0.2) is 16.8 Å². The van der Waals surface area contributed by atoms with Crippen LogP contribution < -0.4 is 0 Å². The van der Waals surface area contributed by atoms with Crippen LogP contribution in [0.3, 0.4) is 0 Å². The van der Waals surface area contributed by atoms with Crippen LogP contribution in [0.1, 0.15) is 26.7 Å². The van der Waals surface area contributed by atoms with Crippen LogP contribution in [-0.4, -0.2) is 6.21 Å². The van der Waals surface area contributed by atoms with Crippen molar-refractivity contribution < 1.29 is 0 Å². The molecule has 1 aliphatic rings. The molecular weight excluding hydrogens is 110 g/mol. The van der Waals surface area contributed by atoms with Gasteiger partial charge in [0, 0.05) is 17.8 Å². The van der Waals surface area contributed by atoms with Gasteiger partial charge in [-0.1, -0.05) is 19.9 Å². The first-order valence-corrected chi connectivity index (χ1v) is 3.61. The lowest BCUT2D eigenvalue weighted by Crippen LogP contribution is -1.89. The first kappa shape index (κ1) is 6.53. The molecular formula is C8H13N. The lowest BCUT2D eigenvalue weighted by atomic mass is 10.1. The van der Waals surface area contributed by atoms with E-state index in [1.807, 2.05) is 6.21 Å². The predicted octanol–water partition coefficient (Wildman–Crippen LogP) is 2.39. The first-order chi connectivity index (χ1) is 4.36. The summed E-state index contributed by atoms with van der Waals surface area (Å²) in [4.78, 5) is 4.24. The van der Waals surface area contributed by atoms with Crippen molar-refractivity contribution in [1.29, 1.82) is 0 Å². The van der Waals surface area contributed by atoms with E-state index in [9.17, 15) is 0 Å². The molecule has 0 radical (unpaired) electrons. The van der Waals surface area contributed by atoms with Crippen molar-refractivity contribution in [2.75, 3.05) is 0 Å². The highest BCUT2D eigenvalue weighted by atomic mass is 14.8. The van der Waals surface area contributed by atoms with Gasteiger partial charge in [-0.15, -0.1) is 0 Å². The van der Waals surface area contributed by atoms with Crippen LogP contribution in [0, 0.1) is 5.92 Å². The zero-order valence-corrected chi connectivity index (χ0v) is 6.09. The predicted molar refractivity (Wildman–Crippen MR) is 40.6 cm³/mol. The average Bonchev–Trinajstić information content (AvgIpc) is 2.34. The van der Waals surface area contributed by atoms with Gasteiger partial charge in [-0.3, -0.25) is 4.99 Å². The Kier molecular flexibility index (Phi) is 2.04. The van der Waals surface area contributed by atoms with Crippen molar-refractivity contribution in [1.82, 2.24) is 0 Å². The molecule has 0 spiro atoms. The number of rotatable bonds is 2. The molecule has 1 heteroatoms. The molecule has 0 aromatic rings. The van der Waals surface area contributed by atoms with Gasteiger partial charge >= 0.3 is 0 Å². The zero-order valence-electron chi connectivity index (χ0n) is 6.09. The Bertz CT molecular complexity index is 145. The van der Waals surface area contributed by atoms with E-state index >= 15 is 0 Å². The van der Waals surface area contributed by atoms with Crippen LogP contribution in [-0.2, 0) is 0 Å². The van der Waals surface area contributed by atoms with Gasteiger partial charge in [-0.2, -0.15) is 0 Å². The Morgan fingerprint density at radius 1 is 1.56 bits per heavy atom. The molecule has 0 saturated heterocycles. The fraction of sp³-hybridized carbons (Fsp3) is 0.625. The van der Waals surface area contributed by atoms with Gasteiger partial charge in [0.25, 0.3) is 0 Å². The molecule has 1 rings (SSSR count). The van der Waals surface area contributed by atoms with E-state index in [2.05, 4.69) is 24.9 Å². The second-order valence-electron chi connectivity index (χ2n) is 2.36. The van der Waals surface area contributed by atoms with Crippen molar-refractivity contribution in [3.63, 3.8) is 0 Å². The van der Waals surface area contributed by atoms with Gasteiger partial charge in [-0.25, -0.2) is 0 Å². The molecule has 0 saturated carbocycles. The summed E-state index contributed by atoms with van der Waals surface area (Å²) in [6, 6.07) is 0. The first-order valence-electron chi connectivity index (χ1n) is 3.61. The smallest absolute Gasteiger partial charge is 0.0363 e. The van der Waals surface area contributed by atoms with Crippen molar-refractivity contribution >= 4 is 6.21 Å². The number of hydrogen-bond acceptors (Lipinski definition) is 1. The summed E-state index contributed by atoms with van der Waals surface area (Å²) in [7, 11) is 0. The second-order valence-corrected chi connectivity index (χ2v) is 2.36. The molecule has 0 aromatic heterocycles. The molecule has 0 aromatic carbocycles. The summed E-state index contributed by atoms with van der Waals surface area (Å²) in [6.07, 6.45) is 6.55. The molecule has 0 fully saturated rings. The van der Waals surface area contributed by atoms with E-state index in [-0.39, 0.29) is 0 Å². The maximum absolute atomic E-state index is 4.24. The standard InChI is InChI=1S/C8H13N/c1-3-7-5-8(4-2)9-6-7/h5-7H,3-4H2,1-2H3. The third-order valence-corrected chi connectivity index (χ3v) is 1.67. The fourth-order valence-electron chi connectivity index (χ4n) is 0.957. The Morgan fingerprint density at radius 3 is 2.67 bits per heavy atom. The van der Waals surface area contributed by atoms with Gasteiger partial charge < -0.3 is 0 Å². The van der Waals surface area contributed by atoms with Gasteiger partial charge in [0.15, 0.2) is 0 Å². The number of nitrogens with zero attached hydrogens (tertiary/aromatic N) is 1. The second kappa shape index (κ2) is 2.81. The van der Waals surface area contributed by atoms with E-state index in [1.54, 1.807) is 0 Å². The molecule has 0 amide bonds. The molecule has 0 aliphatic carbocycles. The molecule has 1 heterocycles. The van der Waals surface area contributed by atoms with Crippen LogP contribution in [0.25, 0.3) is 0 Å². The number of hydrogen-bond donors (Lipinski definition) is 0. The molecule has 1 aliphatic heterocycles. The topological polar surface area (TPSA) is 12.4 Å². The van der Waals surface area contributed by atoms with Gasteiger partial charge in [0.1, 0.15) is 0 Å². The Labute approximate surface area is 56.5 Å². The summed E-state index contributed by atoms with van der Waals surface area (Å²) in [5.74, 6) is 0.625. The SMILES string of the molecule is CCC1=CC(CC)C=N1. The Morgan fingerprint density at radius 2 is 2.33 bits per heavy atom. The third-order valence-electron chi connectivity index (χ3n) is 1.67. The fourth-order valence-corrected chi connectivity index (χ4v) is 0.957. The Hall–Kier alpha value is -0.590. The highest BCUT2D eigenvalue weighted by Gasteiger charge is 2.05. The lowest BCUT2D eigenvalue weighted by Gasteiger charge is -1.93. The van der Waals surface area contributed by atoms with E-state index in [0.717, 1.165) is 6.42 Å². The third kappa shape index (κ3) is 1.41. The minimum atomic E-state index is 0.625. The van der Waals surface area contributed by atoms with Crippen LogP contribution in [0.2, 0.25) is 0 Å². The molecule has 1 atom stereocenters.